The summed E-state index contributed by atoms with van der Waals surface area (Å²) in [7, 11) is -4.74. The minimum Gasteiger partial charge on any atom is -0.389 e. The van der Waals surface area contributed by atoms with Crippen LogP contribution in [0.5, 0.6) is 0 Å². The Bertz CT molecular complexity index is 293. The summed E-state index contributed by atoms with van der Waals surface area (Å²) >= 11 is 0. The van der Waals surface area contributed by atoms with Gasteiger partial charge in [0, 0.05) is 6.54 Å². The van der Waals surface area contributed by atoms with Crippen molar-refractivity contribution in [1.82, 2.24) is 0 Å². The molecule has 0 bridgehead atoms. The van der Waals surface area contributed by atoms with E-state index < -0.39 is 41.4 Å². The molecule has 98 valence electrons. The Hall–Kier alpha value is -0.330. The standard InChI is InChI=1S/C6H15NO8S/c7-1-3(8)5(10)6(11)4(9)2-15-16(12,13)14/h3-6,8-11H,1-2,7H2,(H,12,13,14)/t3-,4+,5+,6+/m0/s1. The van der Waals surface area contributed by atoms with Gasteiger partial charge in [-0.05, 0) is 0 Å². The predicted molar refractivity (Wildman–Crippen MR) is 50.6 cm³/mol. The van der Waals surface area contributed by atoms with Crippen LogP contribution in [0.4, 0.5) is 0 Å². The molecule has 0 aliphatic carbocycles. The molecule has 0 saturated carbocycles. The lowest BCUT2D eigenvalue weighted by atomic mass is 10.0. The first kappa shape index (κ1) is 15.7. The third kappa shape index (κ3) is 5.67. The maximum Gasteiger partial charge on any atom is 0.397 e. The molecule has 10 heteroatoms. The molecule has 0 saturated heterocycles. The molecule has 0 unspecified atom stereocenters. The van der Waals surface area contributed by atoms with Crippen LogP contribution in [0.15, 0.2) is 0 Å². The molecule has 0 aromatic rings. The Morgan fingerprint density at radius 1 is 1.06 bits per heavy atom. The second-order valence-electron chi connectivity index (χ2n) is 3.06. The molecule has 0 fully saturated rings. The quantitative estimate of drug-likeness (QED) is 0.251. The van der Waals surface area contributed by atoms with Crippen LogP contribution in [0.2, 0.25) is 0 Å². The van der Waals surface area contributed by atoms with Gasteiger partial charge in [0.15, 0.2) is 0 Å². The minimum absolute atomic E-state index is 0.357. The predicted octanol–water partition coefficient (Wildman–Crippen LogP) is -3.79. The molecule has 9 nitrogen and oxygen atoms in total. The summed E-state index contributed by atoms with van der Waals surface area (Å²) in [6, 6.07) is 0. The van der Waals surface area contributed by atoms with Gasteiger partial charge in [0.2, 0.25) is 0 Å². The van der Waals surface area contributed by atoms with Crippen molar-refractivity contribution in [2.75, 3.05) is 13.2 Å². The molecule has 0 aliphatic rings. The van der Waals surface area contributed by atoms with Gasteiger partial charge in [0.05, 0.1) is 12.7 Å². The Morgan fingerprint density at radius 3 is 1.88 bits per heavy atom. The highest BCUT2D eigenvalue weighted by atomic mass is 32.3. The van der Waals surface area contributed by atoms with Gasteiger partial charge in [0.25, 0.3) is 0 Å². The molecular weight excluding hydrogens is 246 g/mol. The average molecular weight is 261 g/mol. The summed E-state index contributed by atoms with van der Waals surface area (Å²) in [5, 5.41) is 36.5. The van der Waals surface area contributed by atoms with Gasteiger partial charge in [-0.25, -0.2) is 4.18 Å². The number of hydrogen-bond acceptors (Lipinski definition) is 8. The molecule has 0 radical (unpaired) electrons. The zero-order valence-electron chi connectivity index (χ0n) is 8.17. The average Bonchev–Trinajstić information content (AvgIpc) is 2.21. The summed E-state index contributed by atoms with van der Waals surface area (Å²) in [6.07, 6.45) is -6.90. The molecular formula is C6H15NO8S. The maximum atomic E-state index is 10.1. The monoisotopic (exact) mass is 261 g/mol. The number of rotatable bonds is 7. The summed E-state index contributed by atoms with van der Waals surface area (Å²) in [4.78, 5) is 0. The Kier molecular flexibility index (Phi) is 6.28. The van der Waals surface area contributed by atoms with E-state index in [9.17, 15) is 18.6 Å². The van der Waals surface area contributed by atoms with E-state index >= 15 is 0 Å². The van der Waals surface area contributed by atoms with E-state index in [0.29, 0.717) is 0 Å². The Morgan fingerprint density at radius 2 is 1.50 bits per heavy atom. The second kappa shape index (κ2) is 6.42. The lowest BCUT2D eigenvalue weighted by Gasteiger charge is -2.25. The summed E-state index contributed by atoms with van der Waals surface area (Å²) in [5.74, 6) is 0. The smallest absolute Gasteiger partial charge is 0.389 e. The normalized spacial score (nSPS) is 20.1. The highest BCUT2D eigenvalue weighted by molar-refractivity contribution is 7.80. The lowest BCUT2D eigenvalue weighted by Crippen LogP contribution is -2.48. The Balaban J connectivity index is 4.22. The van der Waals surface area contributed by atoms with E-state index in [2.05, 4.69) is 4.18 Å². The van der Waals surface area contributed by atoms with Crippen LogP contribution in [-0.4, -0.2) is 71.0 Å². The van der Waals surface area contributed by atoms with Gasteiger partial charge in [-0.1, -0.05) is 0 Å². The van der Waals surface area contributed by atoms with Crippen molar-refractivity contribution in [3.63, 3.8) is 0 Å². The van der Waals surface area contributed by atoms with Gasteiger partial charge < -0.3 is 26.2 Å². The molecule has 4 atom stereocenters. The number of aliphatic hydroxyl groups is 4. The van der Waals surface area contributed by atoms with Gasteiger partial charge in [-0.2, -0.15) is 8.42 Å². The number of aliphatic hydroxyl groups excluding tert-OH is 4. The Labute approximate surface area is 92.0 Å². The van der Waals surface area contributed by atoms with E-state index in [4.69, 9.17) is 20.5 Å². The first-order chi connectivity index (χ1) is 7.19. The van der Waals surface area contributed by atoms with Crippen LogP contribution in [0.3, 0.4) is 0 Å². The number of nitrogens with two attached hydrogens (primary N) is 1. The zero-order valence-corrected chi connectivity index (χ0v) is 8.99. The van der Waals surface area contributed by atoms with Gasteiger partial charge >= 0.3 is 10.4 Å². The fourth-order valence-corrected chi connectivity index (χ4v) is 1.16. The van der Waals surface area contributed by atoms with Crippen molar-refractivity contribution in [2.24, 2.45) is 5.73 Å². The van der Waals surface area contributed by atoms with Crippen LogP contribution in [0.1, 0.15) is 0 Å². The van der Waals surface area contributed by atoms with Crippen molar-refractivity contribution in [1.29, 1.82) is 0 Å². The topological polar surface area (TPSA) is 171 Å². The first-order valence-corrected chi connectivity index (χ1v) is 5.59. The zero-order chi connectivity index (χ0) is 12.9. The third-order valence-corrected chi connectivity index (χ3v) is 2.20. The van der Waals surface area contributed by atoms with Gasteiger partial charge in [-0.15, -0.1) is 0 Å². The van der Waals surface area contributed by atoms with E-state index in [-0.39, 0.29) is 6.54 Å². The molecule has 0 aromatic carbocycles. The summed E-state index contributed by atoms with van der Waals surface area (Å²) in [5.41, 5.74) is 4.98. The molecule has 0 spiro atoms. The van der Waals surface area contributed by atoms with Crippen molar-refractivity contribution in [3.05, 3.63) is 0 Å². The number of hydrogen-bond donors (Lipinski definition) is 6. The van der Waals surface area contributed by atoms with E-state index in [0.717, 1.165) is 0 Å². The van der Waals surface area contributed by atoms with Crippen LogP contribution in [0.25, 0.3) is 0 Å². The summed E-state index contributed by atoms with van der Waals surface area (Å²) < 4.78 is 32.2. The van der Waals surface area contributed by atoms with Crippen molar-refractivity contribution in [3.8, 4) is 0 Å². The fraction of sp³-hybridized carbons (Fsp3) is 1.00. The van der Waals surface area contributed by atoms with Crippen molar-refractivity contribution < 1.29 is 37.6 Å². The lowest BCUT2D eigenvalue weighted by molar-refractivity contribution is -0.110. The molecule has 0 heterocycles. The van der Waals surface area contributed by atoms with E-state index in [1.165, 1.54) is 0 Å². The first-order valence-electron chi connectivity index (χ1n) is 4.23. The molecule has 0 aliphatic heterocycles. The SMILES string of the molecule is NC[C@H](O)[C@@H](O)[C@H](O)[C@H](O)COS(=O)(=O)O. The minimum atomic E-state index is -4.74. The van der Waals surface area contributed by atoms with Gasteiger partial charge in [0.1, 0.15) is 18.3 Å². The fourth-order valence-electron chi connectivity index (χ4n) is 0.849. The molecule has 0 amide bonds. The van der Waals surface area contributed by atoms with Crippen molar-refractivity contribution >= 4 is 10.4 Å². The highest BCUT2D eigenvalue weighted by Gasteiger charge is 2.30. The molecule has 7 N–H and O–H groups in total. The van der Waals surface area contributed by atoms with Crippen LogP contribution >= 0.6 is 0 Å². The highest BCUT2D eigenvalue weighted by Crippen LogP contribution is 2.05. The van der Waals surface area contributed by atoms with Crippen LogP contribution in [-0.2, 0) is 14.6 Å². The van der Waals surface area contributed by atoms with Gasteiger partial charge in [-0.3, -0.25) is 4.55 Å². The van der Waals surface area contributed by atoms with Crippen molar-refractivity contribution in [2.45, 2.75) is 24.4 Å². The second-order valence-corrected chi connectivity index (χ2v) is 4.15. The van der Waals surface area contributed by atoms with E-state index in [1.807, 2.05) is 0 Å². The van der Waals surface area contributed by atoms with Crippen LogP contribution < -0.4 is 5.73 Å². The largest absolute Gasteiger partial charge is 0.397 e. The molecule has 0 aromatic heterocycles. The maximum absolute atomic E-state index is 10.1. The molecule has 0 rings (SSSR count). The van der Waals surface area contributed by atoms with Crippen LogP contribution in [0, 0.1) is 0 Å². The van der Waals surface area contributed by atoms with E-state index in [1.54, 1.807) is 0 Å². The molecule has 16 heavy (non-hydrogen) atoms. The third-order valence-electron chi connectivity index (χ3n) is 1.77. The summed E-state index contributed by atoms with van der Waals surface area (Å²) in [6.45, 7) is -1.32.